The van der Waals surface area contributed by atoms with Crippen molar-refractivity contribution in [2.45, 2.75) is 6.54 Å². The van der Waals surface area contributed by atoms with E-state index in [0.29, 0.717) is 22.5 Å². The van der Waals surface area contributed by atoms with E-state index < -0.39 is 0 Å². The van der Waals surface area contributed by atoms with Crippen LogP contribution in [0, 0.1) is 0 Å². The van der Waals surface area contributed by atoms with Crippen LogP contribution >= 0.6 is 0 Å². The molecule has 0 spiro atoms. The SMILES string of the molecule is O=c1c2ccccc2nnn1Cc1noc(-c2ccco2)n1. The summed E-state index contributed by atoms with van der Waals surface area (Å²) in [4.78, 5) is 16.5. The number of hydrogen-bond acceptors (Lipinski definition) is 7. The summed E-state index contributed by atoms with van der Waals surface area (Å²) in [5.41, 5.74) is 0.295. The van der Waals surface area contributed by atoms with Crippen molar-refractivity contribution in [1.82, 2.24) is 25.1 Å². The summed E-state index contributed by atoms with van der Waals surface area (Å²) in [6.45, 7) is 0.0703. The number of hydrogen-bond donors (Lipinski definition) is 0. The van der Waals surface area contributed by atoms with E-state index in [1.165, 1.54) is 10.9 Å². The molecule has 0 N–H and O–H groups in total. The molecule has 4 rings (SSSR count). The largest absolute Gasteiger partial charge is 0.459 e. The number of furan rings is 1. The van der Waals surface area contributed by atoms with Gasteiger partial charge in [0.05, 0.1) is 11.6 Å². The summed E-state index contributed by atoms with van der Waals surface area (Å²) in [6.07, 6.45) is 1.51. The molecule has 0 fully saturated rings. The fourth-order valence-corrected chi connectivity index (χ4v) is 2.08. The third-order valence-corrected chi connectivity index (χ3v) is 3.12. The predicted octanol–water partition coefficient (Wildman–Crippen LogP) is 1.48. The van der Waals surface area contributed by atoms with Gasteiger partial charge in [0.25, 0.3) is 11.4 Å². The second-order valence-corrected chi connectivity index (χ2v) is 4.56. The van der Waals surface area contributed by atoms with Gasteiger partial charge in [-0.2, -0.15) is 4.98 Å². The van der Waals surface area contributed by atoms with E-state index in [9.17, 15) is 4.79 Å². The van der Waals surface area contributed by atoms with Gasteiger partial charge in [0.2, 0.25) is 0 Å². The lowest BCUT2D eigenvalue weighted by molar-refractivity contribution is 0.404. The Morgan fingerprint density at radius 1 is 1.14 bits per heavy atom. The maximum absolute atomic E-state index is 12.3. The van der Waals surface area contributed by atoms with Crippen LogP contribution in [-0.4, -0.2) is 25.1 Å². The quantitative estimate of drug-likeness (QED) is 0.564. The monoisotopic (exact) mass is 295 g/mol. The number of nitrogens with zero attached hydrogens (tertiary/aromatic N) is 5. The molecule has 0 amide bonds. The molecular formula is C14H9N5O3. The Hall–Kier alpha value is -3.29. The van der Waals surface area contributed by atoms with Crippen molar-refractivity contribution in [2.75, 3.05) is 0 Å². The molecule has 3 aromatic heterocycles. The van der Waals surface area contributed by atoms with Crippen LogP contribution in [0.2, 0.25) is 0 Å². The van der Waals surface area contributed by atoms with E-state index in [-0.39, 0.29) is 18.0 Å². The highest BCUT2D eigenvalue weighted by molar-refractivity contribution is 5.76. The van der Waals surface area contributed by atoms with Gasteiger partial charge in [0, 0.05) is 0 Å². The number of fused-ring (bicyclic) bond motifs is 1. The van der Waals surface area contributed by atoms with Crippen molar-refractivity contribution >= 4 is 10.9 Å². The number of rotatable bonds is 3. The molecule has 0 aliphatic heterocycles. The summed E-state index contributed by atoms with van der Waals surface area (Å²) in [6, 6.07) is 10.4. The van der Waals surface area contributed by atoms with Crippen molar-refractivity contribution < 1.29 is 8.94 Å². The van der Waals surface area contributed by atoms with Crippen LogP contribution < -0.4 is 5.56 Å². The van der Waals surface area contributed by atoms with E-state index in [2.05, 4.69) is 20.5 Å². The standard InChI is InChI=1S/C14H9N5O3/c20-14-9-4-1-2-5-10(9)16-18-19(14)8-12-15-13(22-17-12)11-6-3-7-21-11/h1-7H,8H2. The van der Waals surface area contributed by atoms with Gasteiger partial charge in [-0.05, 0) is 24.3 Å². The highest BCUT2D eigenvalue weighted by atomic mass is 16.5. The zero-order valence-corrected chi connectivity index (χ0v) is 11.2. The molecule has 0 radical (unpaired) electrons. The second kappa shape index (κ2) is 4.92. The molecule has 0 aliphatic rings. The van der Waals surface area contributed by atoms with Crippen LogP contribution in [0.3, 0.4) is 0 Å². The van der Waals surface area contributed by atoms with Gasteiger partial charge in [-0.15, -0.1) is 5.10 Å². The van der Waals surface area contributed by atoms with Crippen LogP contribution in [0.4, 0.5) is 0 Å². The first-order valence-electron chi connectivity index (χ1n) is 6.50. The van der Waals surface area contributed by atoms with Crippen molar-refractivity contribution in [3.63, 3.8) is 0 Å². The Balaban J connectivity index is 1.69. The highest BCUT2D eigenvalue weighted by Crippen LogP contribution is 2.17. The molecule has 0 saturated heterocycles. The van der Waals surface area contributed by atoms with Gasteiger partial charge in [0.15, 0.2) is 11.6 Å². The lowest BCUT2D eigenvalue weighted by Crippen LogP contribution is -2.25. The maximum atomic E-state index is 12.3. The molecule has 1 aromatic carbocycles. The average molecular weight is 295 g/mol. The molecule has 3 heterocycles. The third-order valence-electron chi connectivity index (χ3n) is 3.12. The lowest BCUT2D eigenvalue weighted by Gasteiger charge is -2.01. The third kappa shape index (κ3) is 2.06. The molecule has 0 bridgehead atoms. The van der Waals surface area contributed by atoms with E-state index in [4.69, 9.17) is 8.94 Å². The van der Waals surface area contributed by atoms with Crippen LogP contribution in [0.1, 0.15) is 5.82 Å². The van der Waals surface area contributed by atoms with Crippen LogP contribution in [0.15, 0.2) is 56.4 Å². The lowest BCUT2D eigenvalue weighted by atomic mass is 10.2. The molecule has 0 saturated carbocycles. The molecule has 8 nitrogen and oxygen atoms in total. The zero-order valence-electron chi connectivity index (χ0n) is 11.2. The molecule has 22 heavy (non-hydrogen) atoms. The summed E-state index contributed by atoms with van der Waals surface area (Å²) in [5, 5.41) is 12.2. The molecule has 0 aliphatic carbocycles. The minimum atomic E-state index is -0.255. The predicted molar refractivity (Wildman–Crippen MR) is 74.9 cm³/mol. The maximum Gasteiger partial charge on any atom is 0.293 e. The Morgan fingerprint density at radius 2 is 2.05 bits per heavy atom. The molecule has 4 aromatic rings. The van der Waals surface area contributed by atoms with Crippen molar-refractivity contribution in [1.29, 1.82) is 0 Å². The summed E-state index contributed by atoms with van der Waals surface area (Å²) < 4.78 is 11.5. The average Bonchev–Trinajstić information content (AvgIpc) is 3.21. The molecule has 0 atom stereocenters. The molecule has 0 unspecified atom stereocenters. The van der Waals surface area contributed by atoms with Gasteiger partial charge in [-0.3, -0.25) is 4.79 Å². The molecule has 108 valence electrons. The van der Waals surface area contributed by atoms with Gasteiger partial charge in [0.1, 0.15) is 12.1 Å². The van der Waals surface area contributed by atoms with Crippen LogP contribution in [0.25, 0.3) is 22.6 Å². The first-order chi connectivity index (χ1) is 10.8. The Labute approximate surface area is 123 Å². The minimum absolute atomic E-state index is 0.0703. The van der Waals surface area contributed by atoms with Crippen molar-refractivity contribution in [3.8, 4) is 11.7 Å². The Kier molecular flexibility index (Phi) is 2.78. The summed E-state index contributed by atoms with van der Waals surface area (Å²) in [7, 11) is 0. The Morgan fingerprint density at radius 3 is 2.91 bits per heavy atom. The Bertz CT molecular complexity index is 987. The zero-order chi connectivity index (χ0) is 14.9. The normalized spacial score (nSPS) is 11.1. The first-order valence-corrected chi connectivity index (χ1v) is 6.50. The fourth-order valence-electron chi connectivity index (χ4n) is 2.08. The van der Waals surface area contributed by atoms with Crippen molar-refractivity contribution in [2.24, 2.45) is 0 Å². The van der Waals surface area contributed by atoms with Crippen LogP contribution in [-0.2, 0) is 6.54 Å². The van der Waals surface area contributed by atoms with E-state index >= 15 is 0 Å². The molecule has 8 heteroatoms. The smallest absolute Gasteiger partial charge is 0.293 e. The number of aromatic nitrogens is 5. The topological polar surface area (TPSA) is 99.8 Å². The molecular weight excluding hydrogens is 286 g/mol. The van der Waals surface area contributed by atoms with Gasteiger partial charge < -0.3 is 8.94 Å². The number of benzene rings is 1. The second-order valence-electron chi connectivity index (χ2n) is 4.56. The summed E-state index contributed by atoms with van der Waals surface area (Å²) in [5.74, 6) is 1.04. The van der Waals surface area contributed by atoms with E-state index in [1.807, 2.05) is 0 Å². The van der Waals surface area contributed by atoms with Crippen molar-refractivity contribution in [3.05, 3.63) is 58.8 Å². The van der Waals surface area contributed by atoms with Gasteiger partial charge in [-0.1, -0.05) is 22.5 Å². The van der Waals surface area contributed by atoms with E-state index in [1.54, 1.807) is 36.4 Å². The fraction of sp³-hybridized carbons (Fsp3) is 0.0714. The van der Waals surface area contributed by atoms with Crippen LogP contribution in [0.5, 0.6) is 0 Å². The summed E-state index contributed by atoms with van der Waals surface area (Å²) >= 11 is 0. The first kappa shape index (κ1) is 12.5. The van der Waals surface area contributed by atoms with E-state index in [0.717, 1.165) is 0 Å². The highest BCUT2D eigenvalue weighted by Gasteiger charge is 2.13. The van der Waals surface area contributed by atoms with Gasteiger partial charge in [-0.25, -0.2) is 4.68 Å². The van der Waals surface area contributed by atoms with Gasteiger partial charge >= 0.3 is 0 Å². The minimum Gasteiger partial charge on any atom is -0.459 e.